The van der Waals surface area contributed by atoms with Gasteiger partial charge >= 0.3 is 0 Å². The summed E-state index contributed by atoms with van der Waals surface area (Å²) in [5.74, 6) is 0.897. The minimum atomic E-state index is -0.272. The van der Waals surface area contributed by atoms with Gasteiger partial charge in [-0.05, 0) is 33.8 Å². The van der Waals surface area contributed by atoms with Crippen molar-refractivity contribution in [1.82, 2.24) is 4.90 Å². The largest absolute Gasteiger partial charge is 0.493 e. The van der Waals surface area contributed by atoms with Gasteiger partial charge in [0.1, 0.15) is 0 Å². The van der Waals surface area contributed by atoms with E-state index in [2.05, 4.69) is 0 Å². The van der Waals surface area contributed by atoms with Crippen LogP contribution in [-0.4, -0.2) is 37.1 Å². The van der Waals surface area contributed by atoms with E-state index in [1.54, 1.807) is 17.0 Å². The average molecular weight is 280 g/mol. The zero-order valence-corrected chi connectivity index (χ0v) is 13.1. The first-order valence-corrected chi connectivity index (χ1v) is 6.59. The Bertz CT molecular complexity index is 493. The molecule has 1 aromatic rings. The van der Waals surface area contributed by atoms with Crippen LogP contribution in [0.1, 0.15) is 38.1 Å². The molecule has 0 bridgehead atoms. The Morgan fingerprint density at radius 3 is 2.10 bits per heavy atom. The van der Waals surface area contributed by atoms with E-state index in [0.717, 1.165) is 0 Å². The van der Waals surface area contributed by atoms with E-state index in [4.69, 9.17) is 15.2 Å². The van der Waals surface area contributed by atoms with Crippen molar-refractivity contribution in [3.63, 3.8) is 0 Å². The molecule has 0 aliphatic rings. The van der Waals surface area contributed by atoms with E-state index in [-0.39, 0.29) is 11.4 Å². The summed E-state index contributed by atoms with van der Waals surface area (Å²) < 4.78 is 10.4. The monoisotopic (exact) mass is 280 g/mol. The number of nitrogen functional groups attached to an aromatic ring is 1. The number of anilines is 1. The molecular formula is C15H24N2O3. The van der Waals surface area contributed by atoms with Gasteiger partial charge in [0.2, 0.25) is 0 Å². The van der Waals surface area contributed by atoms with E-state index in [9.17, 15) is 4.79 Å². The molecule has 0 saturated heterocycles. The number of hydrogen-bond acceptors (Lipinski definition) is 4. The molecule has 5 nitrogen and oxygen atoms in total. The molecule has 1 rings (SSSR count). The predicted molar refractivity (Wildman–Crippen MR) is 80.4 cm³/mol. The molecule has 1 amide bonds. The first kappa shape index (κ1) is 16.1. The van der Waals surface area contributed by atoms with Gasteiger partial charge in [0.15, 0.2) is 11.5 Å². The highest BCUT2D eigenvalue weighted by Gasteiger charge is 2.28. The lowest BCUT2D eigenvalue weighted by Crippen LogP contribution is -2.45. The quantitative estimate of drug-likeness (QED) is 0.861. The van der Waals surface area contributed by atoms with Gasteiger partial charge in [-0.25, -0.2) is 0 Å². The van der Waals surface area contributed by atoms with E-state index in [1.165, 1.54) is 14.2 Å². The van der Waals surface area contributed by atoms with Crippen LogP contribution in [0.15, 0.2) is 12.1 Å². The minimum Gasteiger partial charge on any atom is -0.493 e. The summed E-state index contributed by atoms with van der Waals surface area (Å²) in [5.41, 5.74) is 6.52. The van der Waals surface area contributed by atoms with Gasteiger partial charge < -0.3 is 20.1 Å². The molecule has 0 atom stereocenters. The molecule has 112 valence electrons. The number of carbonyl (C=O) groups excluding carboxylic acids is 1. The number of rotatable bonds is 4. The highest BCUT2D eigenvalue weighted by molar-refractivity contribution is 6.00. The van der Waals surface area contributed by atoms with Gasteiger partial charge in [-0.3, -0.25) is 4.79 Å². The van der Waals surface area contributed by atoms with Gasteiger partial charge in [0, 0.05) is 23.8 Å². The second-order valence-corrected chi connectivity index (χ2v) is 5.51. The summed E-state index contributed by atoms with van der Waals surface area (Å²) in [5, 5.41) is 0. The highest BCUT2D eigenvalue weighted by Crippen LogP contribution is 2.33. The van der Waals surface area contributed by atoms with Crippen LogP contribution in [0.3, 0.4) is 0 Å². The normalized spacial score (nSPS) is 11.1. The fourth-order valence-corrected chi connectivity index (χ4v) is 2.15. The standard InChI is InChI=1S/C15H24N2O3/c1-7-17(15(2,3)4)14(18)10-8-12(19-5)13(20-6)9-11(10)16/h8-9H,7,16H2,1-6H3. The van der Waals surface area contributed by atoms with Gasteiger partial charge in [-0.1, -0.05) is 0 Å². The molecule has 0 radical (unpaired) electrons. The van der Waals surface area contributed by atoms with Crippen LogP contribution in [0.25, 0.3) is 0 Å². The van der Waals surface area contributed by atoms with E-state index in [0.29, 0.717) is 29.3 Å². The van der Waals surface area contributed by atoms with Crippen LogP contribution in [0.5, 0.6) is 11.5 Å². The molecule has 5 heteroatoms. The van der Waals surface area contributed by atoms with Crippen LogP contribution >= 0.6 is 0 Å². The molecule has 0 spiro atoms. The Morgan fingerprint density at radius 1 is 1.20 bits per heavy atom. The molecule has 0 heterocycles. The Balaban J connectivity index is 3.29. The van der Waals surface area contributed by atoms with Crippen molar-refractivity contribution >= 4 is 11.6 Å². The second-order valence-electron chi connectivity index (χ2n) is 5.51. The molecule has 0 aliphatic carbocycles. The molecule has 0 saturated carbocycles. The Kier molecular flexibility index (Phi) is 4.87. The summed E-state index contributed by atoms with van der Waals surface area (Å²) in [6.07, 6.45) is 0. The number of benzene rings is 1. The lowest BCUT2D eigenvalue weighted by atomic mass is 10.0. The molecular weight excluding hydrogens is 256 g/mol. The maximum atomic E-state index is 12.7. The summed E-state index contributed by atoms with van der Waals surface area (Å²) in [6, 6.07) is 3.24. The minimum absolute atomic E-state index is 0.113. The van der Waals surface area contributed by atoms with E-state index < -0.39 is 0 Å². The van der Waals surface area contributed by atoms with Crippen molar-refractivity contribution < 1.29 is 14.3 Å². The number of nitrogens with zero attached hydrogens (tertiary/aromatic N) is 1. The number of methoxy groups -OCH3 is 2. The molecule has 0 fully saturated rings. The lowest BCUT2D eigenvalue weighted by molar-refractivity contribution is 0.0599. The summed E-state index contributed by atoms with van der Waals surface area (Å²) >= 11 is 0. The van der Waals surface area contributed by atoms with Crippen molar-refractivity contribution in [3.05, 3.63) is 17.7 Å². The Morgan fingerprint density at radius 2 is 1.70 bits per heavy atom. The molecule has 2 N–H and O–H groups in total. The third-order valence-electron chi connectivity index (χ3n) is 3.16. The third-order valence-corrected chi connectivity index (χ3v) is 3.16. The van der Waals surface area contributed by atoms with Crippen molar-refractivity contribution in [2.45, 2.75) is 33.2 Å². The van der Waals surface area contributed by atoms with E-state index in [1.807, 2.05) is 27.7 Å². The zero-order chi connectivity index (χ0) is 15.5. The number of ether oxygens (including phenoxy) is 2. The van der Waals surface area contributed by atoms with Crippen molar-refractivity contribution in [2.75, 3.05) is 26.5 Å². The van der Waals surface area contributed by atoms with Crippen LogP contribution in [-0.2, 0) is 0 Å². The first-order valence-electron chi connectivity index (χ1n) is 6.59. The molecule has 0 unspecified atom stereocenters. The van der Waals surface area contributed by atoms with Crippen LogP contribution in [0.2, 0.25) is 0 Å². The first-order chi connectivity index (χ1) is 9.26. The Labute approximate surface area is 120 Å². The van der Waals surface area contributed by atoms with Gasteiger partial charge in [0.05, 0.1) is 19.8 Å². The fraction of sp³-hybridized carbons (Fsp3) is 0.533. The fourth-order valence-electron chi connectivity index (χ4n) is 2.15. The summed E-state index contributed by atoms with van der Waals surface area (Å²) in [6.45, 7) is 8.53. The van der Waals surface area contributed by atoms with Crippen molar-refractivity contribution in [3.8, 4) is 11.5 Å². The zero-order valence-electron chi connectivity index (χ0n) is 13.1. The SMILES string of the molecule is CCN(C(=O)c1cc(OC)c(OC)cc1N)C(C)(C)C. The van der Waals surface area contributed by atoms with Crippen LogP contribution < -0.4 is 15.2 Å². The van der Waals surface area contributed by atoms with Gasteiger partial charge in [0.25, 0.3) is 5.91 Å². The molecule has 20 heavy (non-hydrogen) atoms. The lowest BCUT2D eigenvalue weighted by Gasteiger charge is -2.35. The van der Waals surface area contributed by atoms with Crippen molar-refractivity contribution in [2.24, 2.45) is 0 Å². The molecule has 1 aromatic carbocycles. The molecule has 0 aliphatic heterocycles. The summed E-state index contributed by atoms with van der Waals surface area (Å²) in [7, 11) is 3.07. The second kappa shape index (κ2) is 6.03. The number of nitrogens with two attached hydrogens (primary N) is 1. The van der Waals surface area contributed by atoms with Crippen molar-refractivity contribution in [1.29, 1.82) is 0 Å². The van der Waals surface area contributed by atoms with Crippen LogP contribution in [0, 0.1) is 0 Å². The number of amides is 1. The predicted octanol–water partition coefficient (Wildman–Crippen LogP) is 2.55. The maximum absolute atomic E-state index is 12.7. The van der Waals surface area contributed by atoms with Gasteiger partial charge in [-0.2, -0.15) is 0 Å². The number of hydrogen-bond donors (Lipinski definition) is 1. The number of carbonyl (C=O) groups is 1. The summed E-state index contributed by atoms with van der Waals surface area (Å²) in [4.78, 5) is 14.4. The average Bonchev–Trinajstić information content (AvgIpc) is 2.37. The highest BCUT2D eigenvalue weighted by atomic mass is 16.5. The van der Waals surface area contributed by atoms with E-state index >= 15 is 0 Å². The molecule has 0 aromatic heterocycles. The van der Waals surface area contributed by atoms with Crippen LogP contribution in [0.4, 0.5) is 5.69 Å². The maximum Gasteiger partial charge on any atom is 0.256 e. The third kappa shape index (κ3) is 3.15. The topological polar surface area (TPSA) is 64.8 Å². The van der Waals surface area contributed by atoms with Gasteiger partial charge in [-0.15, -0.1) is 0 Å². The Hall–Kier alpha value is -1.91. The smallest absolute Gasteiger partial charge is 0.256 e.